The van der Waals surface area contributed by atoms with E-state index in [4.69, 9.17) is 9.47 Å². The lowest BCUT2D eigenvalue weighted by Crippen LogP contribution is -2.42. The number of hydrogen-bond acceptors (Lipinski definition) is 6. The van der Waals surface area contributed by atoms with Crippen LogP contribution in [0.1, 0.15) is 26.7 Å². The van der Waals surface area contributed by atoms with Gasteiger partial charge in [-0.3, -0.25) is 14.7 Å². The molecule has 0 saturated carbocycles. The van der Waals surface area contributed by atoms with Crippen LogP contribution in [0.15, 0.2) is 36.7 Å². The van der Waals surface area contributed by atoms with Crippen LogP contribution in [0.2, 0.25) is 0 Å². The van der Waals surface area contributed by atoms with E-state index in [1.807, 2.05) is 24.3 Å². The number of benzene rings is 1. The van der Waals surface area contributed by atoms with E-state index in [9.17, 15) is 9.59 Å². The van der Waals surface area contributed by atoms with E-state index >= 15 is 0 Å². The van der Waals surface area contributed by atoms with Crippen LogP contribution in [0.3, 0.4) is 0 Å². The number of nitrogens with zero attached hydrogens (tertiary/aromatic N) is 4. The first-order chi connectivity index (χ1) is 15.1. The normalized spacial score (nSPS) is 13.2. The summed E-state index contributed by atoms with van der Waals surface area (Å²) in [6.07, 6.45) is 3.29. The van der Waals surface area contributed by atoms with Crippen LogP contribution in [0.5, 0.6) is 5.75 Å². The maximum atomic E-state index is 12.7. The minimum absolute atomic E-state index is 0.197. The number of H-pyrrole nitrogens is 1. The van der Waals surface area contributed by atoms with Crippen molar-refractivity contribution in [2.24, 2.45) is 0 Å². The Bertz CT molecular complexity index is 1090. The van der Waals surface area contributed by atoms with Gasteiger partial charge >= 0.3 is 0 Å². The Morgan fingerprint density at radius 2 is 2.16 bits per heavy atom. The van der Waals surface area contributed by atoms with Crippen LogP contribution in [-0.2, 0) is 17.8 Å². The van der Waals surface area contributed by atoms with Crippen LogP contribution in [-0.4, -0.2) is 70.4 Å². The molecule has 0 radical (unpaired) electrons. The first-order valence-electron chi connectivity index (χ1n) is 9.91. The molecule has 3 aromatic rings. The average molecular weight is 424 g/mol. The van der Waals surface area contributed by atoms with Gasteiger partial charge < -0.3 is 24.3 Å². The number of rotatable bonds is 8. The molecule has 0 spiro atoms. The molecule has 0 atom stereocenters. The minimum atomic E-state index is -0.351. The predicted molar refractivity (Wildman–Crippen MR) is 112 cm³/mol. The maximum absolute atomic E-state index is 12.7. The van der Waals surface area contributed by atoms with Crippen LogP contribution < -0.4 is 10.1 Å². The summed E-state index contributed by atoms with van der Waals surface area (Å²) in [7, 11) is 3.21. The molecule has 1 aliphatic rings. The highest BCUT2D eigenvalue weighted by Crippen LogP contribution is 2.25. The number of amides is 2. The number of carbonyl (C=O) groups excluding carboxylic acids is 2. The second-order valence-corrected chi connectivity index (χ2v) is 7.11. The summed E-state index contributed by atoms with van der Waals surface area (Å²) >= 11 is 0. The fraction of sp³-hybridized carbons (Fsp3) is 0.333. The van der Waals surface area contributed by atoms with E-state index < -0.39 is 0 Å². The zero-order valence-corrected chi connectivity index (χ0v) is 17.4. The van der Waals surface area contributed by atoms with Crippen molar-refractivity contribution in [3.05, 3.63) is 53.7 Å². The SMILES string of the molecule is COCCN1CCn2cc(C(=O)NCc3cn[nH]c3-c3cccc(OC)c3)nc2C1=O. The Hall–Kier alpha value is -3.66. The number of imidazole rings is 1. The van der Waals surface area contributed by atoms with Crippen molar-refractivity contribution in [2.45, 2.75) is 13.1 Å². The van der Waals surface area contributed by atoms with Gasteiger partial charge in [0.05, 0.1) is 25.6 Å². The van der Waals surface area contributed by atoms with Crippen LogP contribution in [0.25, 0.3) is 11.3 Å². The molecule has 2 amide bonds. The fourth-order valence-electron chi connectivity index (χ4n) is 3.49. The lowest BCUT2D eigenvalue weighted by Gasteiger charge is -2.26. The zero-order chi connectivity index (χ0) is 21.8. The highest BCUT2D eigenvalue weighted by atomic mass is 16.5. The molecular formula is C21H24N6O4. The molecule has 162 valence electrons. The first-order valence-corrected chi connectivity index (χ1v) is 9.91. The topological polar surface area (TPSA) is 114 Å². The monoisotopic (exact) mass is 424 g/mol. The molecule has 0 saturated heterocycles. The van der Waals surface area contributed by atoms with E-state index in [1.165, 1.54) is 0 Å². The fourth-order valence-corrected chi connectivity index (χ4v) is 3.49. The van der Waals surface area contributed by atoms with Crippen LogP contribution >= 0.6 is 0 Å². The van der Waals surface area contributed by atoms with Gasteiger partial charge in [-0.05, 0) is 12.1 Å². The Labute approximate surface area is 179 Å². The summed E-state index contributed by atoms with van der Waals surface area (Å²) in [5.41, 5.74) is 2.74. The molecule has 2 aromatic heterocycles. The summed E-state index contributed by atoms with van der Waals surface area (Å²) in [6, 6.07) is 7.58. The van der Waals surface area contributed by atoms with Crippen molar-refractivity contribution in [3.8, 4) is 17.0 Å². The Morgan fingerprint density at radius 1 is 1.29 bits per heavy atom. The number of hydrogen-bond donors (Lipinski definition) is 2. The number of aromatic nitrogens is 4. The van der Waals surface area contributed by atoms with Gasteiger partial charge in [-0.15, -0.1) is 0 Å². The van der Waals surface area contributed by atoms with Crippen LogP contribution in [0.4, 0.5) is 0 Å². The molecule has 10 nitrogen and oxygen atoms in total. The van der Waals surface area contributed by atoms with E-state index in [0.717, 1.165) is 22.6 Å². The minimum Gasteiger partial charge on any atom is -0.497 e. The third-order valence-corrected chi connectivity index (χ3v) is 5.18. The van der Waals surface area contributed by atoms with Gasteiger partial charge in [0.25, 0.3) is 11.8 Å². The number of carbonyl (C=O) groups is 2. The molecule has 1 aromatic carbocycles. The molecule has 10 heteroatoms. The summed E-state index contributed by atoms with van der Waals surface area (Å²) < 4.78 is 12.0. The summed E-state index contributed by atoms with van der Waals surface area (Å²) in [6.45, 7) is 2.37. The standard InChI is InChI=1S/C21H24N6O4/c1-30-9-8-26-6-7-27-13-17(24-19(27)21(26)29)20(28)22-11-15-12-23-25-18(15)14-4-3-5-16(10-14)31-2/h3-5,10,12-13H,6-9,11H2,1-2H3,(H,22,28)(H,23,25). The van der Waals surface area contributed by atoms with Crippen molar-refractivity contribution >= 4 is 11.8 Å². The Kier molecular flexibility index (Phi) is 5.99. The molecule has 0 unspecified atom stereocenters. The predicted octanol–water partition coefficient (Wildman–Crippen LogP) is 1.31. The smallest absolute Gasteiger partial charge is 0.290 e. The molecule has 0 fully saturated rings. The maximum Gasteiger partial charge on any atom is 0.290 e. The second kappa shape index (κ2) is 9.00. The molecule has 1 aliphatic heterocycles. The highest BCUT2D eigenvalue weighted by Gasteiger charge is 2.28. The van der Waals surface area contributed by atoms with Crippen molar-refractivity contribution in [1.82, 2.24) is 30.0 Å². The molecular weight excluding hydrogens is 400 g/mol. The molecule has 4 rings (SSSR count). The molecule has 31 heavy (non-hydrogen) atoms. The molecule has 0 aliphatic carbocycles. The van der Waals surface area contributed by atoms with Gasteiger partial charge in [0.2, 0.25) is 0 Å². The number of nitrogens with one attached hydrogen (secondary N) is 2. The number of aromatic amines is 1. The quantitative estimate of drug-likeness (QED) is 0.564. The number of ether oxygens (including phenoxy) is 2. The van der Waals surface area contributed by atoms with Gasteiger partial charge in [-0.25, -0.2) is 4.98 Å². The summed E-state index contributed by atoms with van der Waals surface area (Å²) in [5.74, 6) is 0.455. The van der Waals surface area contributed by atoms with E-state index in [0.29, 0.717) is 26.2 Å². The first kappa shape index (κ1) is 20.6. The molecule has 2 N–H and O–H groups in total. The summed E-state index contributed by atoms with van der Waals surface area (Å²) in [4.78, 5) is 31.2. The third-order valence-electron chi connectivity index (χ3n) is 5.18. The van der Waals surface area contributed by atoms with Crippen molar-refractivity contribution < 1.29 is 19.1 Å². The van der Waals surface area contributed by atoms with Crippen molar-refractivity contribution in [1.29, 1.82) is 0 Å². The number of methoxy groups -OCH3 is 2. The lowest BCUT2D eigenvalue weighted by atomic mass is 10.1. The largest absolute Gasteiger partial charge is 0.497 e. The Balaban J connectivity index is 1.44. The average Bonchev–Trinajstić information content (AvgIpc) is 3.44. The summed E-state index contributed by atoms with van der Waals surface area (Å²) in [5, 5.41) is 9.93. The van der Waals surface area contributed by atoms with Gasteiger partial charge in [0.1, 0.15) is 11.4 Å². The molecule has 3 heterocycles. The second-order valence-electron chi connectivity index (χ2n) is 7.11. The lowest BCUT2D eigenvalue weighted by molar-refractivity contribution is 0.0633. The van der Waals surface area contributed by atoms with E-state index in [1.54, 1.807) is 36.1 Å². The van der Waals surface area contributed by atoms with Crippen molar-refractivity contribution in [2.75, 3.05) is 33.9 Å². The van der Waals surface area contributed by atoms with E-state index in [2.05, 4.69) is 20.5 Å². The van der Waals surface area contributed by atoms with Gasteiger partial charge in [0.15, 0.2) is 5.82 Å². The van der Waals surface area contributed by atoms with Gasteiger partial charge in [-0.2, -0.15) is 5.10 Å². The van der Waals surface area contributed by atoms with Crippen LogP contribution in [0, 0.1) is 0 Å². The van der Waals surface area contributed by atoms with E-state index in [-0.39, 0.29) is 29.9 Å². The zero-order valence-electron chi connectivity index (χ0n) is 17.4. The molecule has 0 bridgehead atoms. The van der Waals surface area contributed by atoms with Gasteiger partial charge in [0, 0.05) is 50.6 Å². The third kappa shape index (κ3) is 4.29. The van der Waals surface area contributed by atoms with Gasteiger partial charge in [-0.1, -0.05) is 12.1 Å². The number of fused-ring (bicyclic) bond motifs is 1. The highest BCUT2D eigenvalue weighted by molar-refractivity contribution is 5.96. The van der Waals surface area contributed by atoms with Crippen molar-refractivity contribution in [3.63, 3.8) is 0 Å². The Morgan fingerprint density at radius 3 is 2.97 bits per heavy atom.